The van der Waals surface area contributed by atoms with E-state index in [-0.39, 0.29) is 0 Å². The summed E-state index contributed by atoms with van der Waals surface area (Å²) in [6.45, 7) is 7.84. The molecule has 4 heteroatoms. The molecule has 1 unspecified atom stereocenters. The van der Waals surface area contributed by atoms with Gasteiger partial charge in [-0.25, -0.2) is 0 Å². The Morgan fingerprint density at radius 3 is 2.35 bits per heavy atom. The van der Waals surface area contributed by atoms with Crippen molar-refractivity contribution in [3.05, 3.63) is 16.9 Å². The number of hydrogen-bond acceptors (Lipinski definition) is 2. The van der Waals surface area contributed by atoms with Gasteiger partial charge in [0.25, 0.3) is 0 Å². The van der Waals surface area contributed by atoms with Crippen LogP contribution in [-0.4, -0.2) is 16.3 Å². The lowest BCUT2D eigenvalue weighted by molar-refractivity contribution is 0.186. The van der Waals surface area contributed by atoms with E-state index in [2.05, 4.69) is 31.2 Å². The van der Waals surface area contributed by atoms with E-state index in [1.165, 1.54) is 25.7 Å². The Hall–Kier alpha value is -0.540. The van der Waals surface area contributed by atoms with Gasteiger partial charge in [-0.15, -0.1) is 0 Å². The molecule has 1 N–H and O–H groups in total. The summed E-state index contributed by atoms with van der Waals surface area (Å²) >= 11 is 6.35. The third-order valence-electron chi connectivity index (χ3n) is 4.89. The first kappa shape index (κ1) is 15.8. The second-order valence-corrected chi connectivity index (χ2v) is 6.86. The van der Waals surface area contributed by atoms with Gasteiger partial charge in [-0.3, -0.25) is 4.68 Å². The largest absolute Gasteiger partial charge is 0.309 e. The maximum absolute atomic E-state index is 6.35. The van der Waals surface area contributed by atoms with E-state index in [1.54, 1.807) is 6.20 Å². The van der Waals surface area contributed by atoms with Gasteiger partial charge in [0.05, 0.1) is 23.0 Å². The zero-order valence-electron chi connectivity index (χ0n) is 13.2. The van der Waals surface area contributed by atoms with Gasteiger partial charge in [-0.05, 0) is 50.0 Å². The average Bonchev–Trinajstić information content (AvgIpc) is 2.76. The number of rotatable bonds is 5. The number of hydrogen-bond donors (Lipinski definition) is 1. The summed E-state index contributed by atoms with van der Waals surface area (Å²) in [7, 11) is 1.99. The Bertz CT molecular complexity index is 400. The zero-order chi connectivity index (χ0) is 14.7. The molecule has 1 atom stereocenters. The van der Waals surface area contributed by atoms with Gasteiger partial charge >= 0.3 is 0 Å². The van der Waals surface area contributed by atoms with E-state index < -0.39 is 0 Å². The van der Waals surface area contributed by atoms with Crippen molar-refractivity contribution in [2.75, 3.05) is 6.54 Å². The van der Waals surface area contributed by atoms with Crippen molar-refractivity contribution < 1.29 is 0 Å². The van der Waals surface area contributed by atoms with Crippen LogP contribution in [0.3, 0.4) is 0 Å². The van der Waals surface area contributed by atoms with E-state index in [0.29, 0.717) is 12.0 Å². The van der Waals surface area contributed by atoms with Crippen LogP contribution in [0.4, 0.5) is 0 Å². The van der Waals surface area contributed by atoms with Gasteiger partial charge in [0, 0.05) is 7.05 Å². The summed E-state index contributed by atoms with van der Waals surface area (Å²) in [4.78, 5) is 0. The fourth-order valence-corrected chi connectivity index (χ4v) is 3.91. The normalized spacial score (nSPS) is 25.1. The summed E-state index contributed by atoms with van der Waals surface area (Å²) in [5.74, 6) is 2.39. The van der Waals surface area contributed by atoms with Crippen LogP contribution in [0.15, 0.2) is 6.20 Å². The number of nitrogens with one attached hydrogen (secondary N) is 1. The Labute approximate surface area is 128 Å². The highest BCUT2D eigenvalue weighted by atomic mass is 35.5. The van der Waals surface area contributed by atoms with Crippen LogP contribution in [-0.2, 0) is 7.05 Å². The quantitative estimate of drug-likeness (QED) is 0.883. The topological polar surface area (TPSA) is 29.9 Å². The minimum absolute atomic E-state index is 0.341. The molecule has 0 spiro atoms. The lowest BCUT2D eigenvalue weighted by Gasteiger charge is -2.36. The summed E-state index contributed by atoms with van der Waals surface area (Å²) in [6, 6.07) is 0.341. The number of aromatic nitrogens is 2. The van der Waals surface area contributed by atoms with Crippen LogP contribution in [0.25, 0.3) is 0 Å². The van der Waals surface area contributed by atoms with Crippen LogP contribution in [0.1, 0.15) is 58.2 Å². The molecule has 1 aliphatic carbocycles. The van der Waals surface area contributed by atoms with Crippen LogP contribution in [0.5, 0.6) is 0 Å². The molecular weight excluding hydrogens is 270 g/mol. The summed E-state index contributed by atoms with van der Waals surface area (Å²) in [6.07, 6.45) is 7.05. The molecule has 3 nitrogen and oxygen atoms in total. The number of halogens is 1. The Morgan fingerprint density at radius 1 is 1.30 bits per heavy atom. The lowest BCUT2D eigenvalue weighted by atomic mass is 9.74. The van der Waals surface area contributed by atoms with E-state index in [1.807, 2.05) is 11.7 Å². The number of aryl methyl sites for hydroxylation is 1. The third-order valence-corrected chi connectivity index (χ3v) is 5.18. The fourth-order valence-electron chi connectivity index (χ4n) is 3.62. The van der Waals surface area contributed by atoms with E-state index in [4.69, 9.17) is 11.6 Å². The molecule has 114 valence electrons. The standard InChI is InChI=1S/C16H28ClN3/c1-5-18-15(16-14(17)10-19-20(16)4)13-8-6-12(7-9-13)11(2)3/h10-13,15,18H,5-9H2,1-4H3. The van der Waals surface area contributed by atoms with Gasteiger partial charge in [-0.2, -0.15) is 5.10 Å². The monoisotopic (exact) mass is 297 g/mol. The molecule has 0 bridgehead atoms. The van der Waals surface area contributed by atoms with Crippen molar-refractivity contribution in [2.24, 2.45) is 24.8 Å². The molecule has 1 saturated carbocycles. The zero-order valence-corrected chi connectivity index (χ0v) is 14.0. The third kappa shape index (κ3) is 3.37. The summed E-state index contributed by atoms with van der Waals surface area (Å²) in [5.41, 5.74) is 1.15. The van der Waals surface area contributed by atoms with Crippen molar-refractivity contribution in [2.45, 2.75) is 52.5 Å². The van der Waals surface area contributed by atoms with Crippen LogP contribution >= 0.6 is 11.6 Å². The Morgan fingerprint density at radius 2 is 1.90 bits per heavy atom. The summed E-state index contributed by atoms with van der Waals surface area (Å²) in [5, 5.41) is 8.73. The molecule has 1 aliphatic rings. The molecule has 0 amide bonds. The molecule has 1 aromatic rings. The summed E-state index contributed by atoms with van der Waals surface area (Å²) < 4.78 is 1.93. The molecule has 0 radical (unpaired) electrons. The van der Waals surface area contributed by atoms with E-state index >= 15 is 0 Å². The Balaban J connectivity index is 2.11. The molecule has 0 aromatic carbocycles. The molecule has 1 heterocycles. The van der Waals surface area contributed by atoms with Crippen LogP contribution in [0.2, 0.25) is 5.02 Å². The van der Waals surface area contributed by atoms with Gasteiger partial charge < -0.3 is 5.32 Å². The Kier molecular flexibility index (Phi) is 5.50. The number of nitrogens with zero attached hydrogens (tertiary/aromatic N) is 2. The minimum Gasteiger partial charge on any atom is -0.309 e. The minimum atomic E-state index is 0.341. The molecule has 0 saturated heterocycles. The van der Waals surface area contributed by atoms with Crippen molar-refractivity contribution in [3.8, 4) is 0 Å². The first-order chi connectivity index (χ1) is 9.54. The van der Waals surface area contributed by atoms with Crippen LogP contribution in [0, 0.1) is 17.8 Å². The second kappa shape index (κ2) is 6.95. The van der Waals surface area contributed by atoms with E-state index in [0.717, 1.165) is 29.1 Å². The van der Waals surface area contributed by atoms with Crippen molar-refractivity contribution in [3.63, 3.8) is 0 Å². The van der Waals surface area contributed by atoms with Crippen LogP contribution < -0.4 is 5.32 Å². The first-order valence-corrected chi connectivity index (χ1v) is 8.33. The van der Waals surface area contributed by atoms with Gasteiger partial charge in [0.2, 0.25) is 0 Å². The van der Waals surface area contributed by atoms with E-state index in [9.17, 15) is 0 Å². The first-order valence-electron chi connectivity index (χ1n) is 7.95. The molecular formula is C16H28ClN3. The van der Waals surface area contributed by atoms with Gasteiger partial charge in [0.15, 0.2) is 0 Å². The molecule has 20 heavy (non-hydrogen) atoms. The second-order valence-electron chi connectivity index (χ2n) is 6.46. The smallest absolute Gasteiger partial charge is 0.0834 e. The molecule has 0 aliphatic heterocycles. The predicted octanol–water partition coefficient (Wildman–Crippen LogP) is 4.19. The van der Waals surface area contributed by atoms with Crippen molar-refractivity contribution in [1.82, 2.24) is 15.1 Å². The highest BCUT2D eigenvalue weighted by Gasteiger charge is 2.31. The van der Waals surface area contributed by atoms with Crippen molar-refractivity contribution in [1.29, 1.82) is 0 Å². The van der Waals surface area contributed by atoms with Gasteiger partial charge in [-0.1, -0.05) is 32.4 Å². The van der Waals surface area contributed by atoms with Crippen molar-refractivity contribution >= 4 is 11.6 Å². The lowest BCUT2D eigenvalue weighted by Crippen LogP contribution is -2.33. The van der Waals surface area contributed by atoms with Gasteiger partial charge in [0.1, 0.15) is 0 Å². The average molecular weight is 298 g/mol. The fraction of sp³-hybridized carbons (Fsp3) is 0.812. The predicted molar refractivity (Wildman–Crippen MR) is 84.9 cm³/mol. The maximum atomic E-state index is 6.35. The maximum Gasteiger partial charge on any atom is 0.0834 e. The molecule has 2 rings (SSSR count). The highest BCUT2D eigenvalue weighted by molar-refractivity contribution is 6.31. The molecule has 1 fully saturated rings. The SMILES string of the molecule is CCNC(c1c(Cl)cnn1C)C1CCC(C(C)C)CC1. The highest BCUT2D eigenvalue weighted by Crippen LogP contribution is 2.40. The molecule has 1 aromatic heterocycles.